The van der Waals surface area contributed by atoms with Crippen LogP contribution in [0.5, 0.6) is 0 Å². The second kappa shape index (κ2) is 6.60. The van der Waals surface area contributed by atoms with Crippen LogP contribution in [-0.2, 0) is 6.54 Å². The maximum Gasteiger partial charge on any atom is 0.134 e. The summed E-state index contributed by atoms with van der Waals surface area (Å²) in [5.74, 6) is 1.65. The van der Waals surface area contributed by atoms with Gasteiger partial charge in [-0.2, -0.15) is 0 Å². The second-order valence-corrected chi connectivity index (χ2v) is 6.79. The number of rotatable bonds is 5. The largest absolute Gasteiger partial charge is 0.394 e. The highest BCUT2D eigenvalue weighted by atomic mass is 35.5. The van der Waals surface area contributed by atoms with Gasteiger partial charge in [0.15, 0.2) is 0 Å². The summed E-state index contributed by atoms with van der Waals surface area (Å²) in [5.41, 5.74) is 0. The second-order valence-electron chi connectivity index (χ2n) is 4.99. The lowest BCUT2D eigenvalue weighted by Gasteiger charge is -2.24. The van der Waals surface area contributed by atoms with Gasteiger partial charge in [0.25, 0.3) is 0 Å². The molecule has 0 spiro atoms. The van der Waals surface area contributed by atoms with Gasteiger partial charge < -0.3 is 15.3 Å². The molecule has 1 aliphatic heterocycles. The minimum absolute atomic E-state index is 0.167. The first-order chi connectivity index (χ1) is 10.3. The molecule has 21 heavy (non-hydrogen) atoms. The van der Waals surface area contributed by atoms with Crippen LogP contribution in [0.3, 0.4) is 0 Å². The van der Waals surface area contributed by atoms with Crippen molar-refractivity contribution in [2.75, 3.05) is 23.4 Å². The van der Waals surface area contributed by atoms with E-state index in [1.54, 1.807) is 17.7 Å². The molecule has 7 heteroatoms. The zero-order valence-electron chi connectivity index (χ0n) is 11.5. The van der Waals surface area contributed by atoms with Crippen LogP contribution < -0.4 is 10.2 Å². The molecular weight excluding hydrogens is 308 g/mol. The molecule has 1 atom stereocenters. The first-order valence-corrected chi connectivity index (χ1v) is 8.13. The zero-order chi connectivity index (χ0) is 14.7. The van der Waals surface area contributed by atoms with Crippen LogP contribution in [-0.4, -0.2) is 34.3 Å². The molecule has 0 unspecified atom stereocenters. The molecule has 0 aliphatic carbocycles. The average Bonchev–Trinajstić information content (AvgIpc) is 3.14. The van der Waals surface area contributed by atoms with E-state index in [4.69, 9.17) is 11.6 Å². The molecule has 0 saturated carbocycles. The number of hydrogen-bond donors (Lipinski definition) is 2. The van der Waals surface area contributed by atoms with E-state index in [0.717, 1.165) is 40.2 Å². The van der Waals surface area contributed by atoms with Crippen LogP contribution >= 0.6 is 22.9 Å². The SMILES string of the molecule is OC[C@H]1CCCN1c1cc(NCc2ccc(Cl)s2)ncn1. The Balaban J connectivity index is 1.68. The van der Waals surface area contributed by atoms with E-state index in [1.165, 1.54) is 0 Å². The predicted molar refractivity (Wildman–Crippen MR) is 86.1 cm³/mol. The fourth-order valence-corrected chi connectivity index (χ4v) is 3.58. The molecule has 0 amide bonds. The summed E-state index contributed by atoms with van der Waals surface area (Å²) >= 11 is 7.48. The van der Waals surface area contributed by atoms with Crippen LogP contribution in [0.4, 0.5) is 11.6 Å². The molecule has 0 radical (unpaired) electrons. The minimum atomic E-state index is 0.167. The Hall–Kier alpha value is -1.37. The number of halogens is 1. The van der Waals surface area contributed by atoms with Crippen LogP contribution in [0.2, 0.25) is 4.34 Å². The summed E-state index contributed by atoms with van der Waals surface area (Å²) in [7, 11) is 0. The van der Waals surface area contributed by atoms with Crippen molar-refractivity contribution < 1.29 is 5.11 Å². The standard InChI is InChI=1S/C14H17ClN4OS/c15-12-4-3-11(21-12)7-16-13-6-14(18-9-17-13)19-5-1-2-10(19)8-20/h3-4,6,9-10,20H,1-2,5,7-8H2,(H,16,17,18)/t10-/m1/s1. The van der Waals surface area contributed by atoms with Crippen molar-refractivity contribution in [2.24, 2.45) is 0 Å². The number of nitrogens with one attached hydrogen (secondary N) is 1. The van der Waals surface area contributed by atoms with Gasteiger partial charge in [-0.3, -0.25) is 0 Å². The maximum atomic E-state index is 9.41. The molecule has 1 fully saturated rings. The summed E-state index contributed by atoms with van der Waals surface area (Å²) in [5, 5.41) is 12.7. The van der Waals surface area contributed by atoms with Gasteiger partial charge in [0.05, 0.1) is 23.5 Å². The Bertz CT molecular complexity index is 606. The monoisotopic (exact) mass is 324 g/mol. The van der Waals surface area contributed by atoms with E-state index in [9.17, 15) is 5.11 Å². The molecule has 2 aromatic heterocycles. The van der Waals surface area contributed by atoms with E-state index in [1.807, 2.05) is 18.2 Å². The van der Waals surface area contributed by atoms with Crippen molar-refractivity contribution in [3.63, 3.8) is 0 Å². The highest BCUT2D eigenvalue weighted by Crippen LogP contribution is 2.25. The fourth-order valence-electron chi connectivity index (χ4n) is 2.55. The molecule has 1 saturated heterocycles. The number of anilines is 2. The van der Waals surface area contributed by atoms with E-state index in [0.29, 0.717) is 6.54 Å². The van der Waals surface area contributed by atoms with E-state index >= 15 is 0 Å². The average molecular weight is 325 g/mol. The Labute approximate surface area is 132 Å². The zero-order valence-corrected chi connectivity index (χ0v) is 13.1. The summed E-state index contributed by atoms with van der Waals surface area (Å²) in [6.45, 7) is 1.79. The lowest BCUT2D eigenvalue weighted by atomic mass is 10.2. The van der Waals surface area contributed by atoms with Crippen molar-refractivity contribution in [3.05, 3.63) is 33.7 Å². The van der Waals surface area contributed by atoms with Gasteiger partial charge in [0.2, 0.25) is 0 Å². The molecule has 2 N–H and O–H groups in total. The predicted octanol–water partition coefficient (Wildman–Crippen LogP) is 2.76. The van der Waals surface area contributed by atoms with E-state index in [2.05, 4.69) is 20.2 Å². The molecule has 3 heterocycles. The first kappa shape index (κ1) is 14.6. The van der Waals surface area contributed by atoms with Crippen molar-refractivity contribution in [2.45, 2.75) is 25.4 Å². The molecule has 0 bridgehead atoms. The molecule has 2 aromatic rings. The third-order valence-electron chi connectivity index (χ3n) is 3.61. The minimum Gasteiger partial charge on any atom is -0.394 e. The number of aliphatic hydroxyl groups excluding tert-OH is 1. The highest BCUT2D eigenvalue weighted by molar-refractivity contribution is 7.16. The summed E-state index contributed by atoms with van der Waals surface area (Å²) in [4.78, 5) is 11.9. The highest BCUT2D eigenvalue weighted by Gasteiger charge is 2.25. The molecule has 112 valence electrons. The lowest BCUT2D eigenvalue weighted by Crippen LogP contribution is -2.32. The third-order valence-corrected chi connectivity index (χ3v) is 4.84. The van der Waals surface area contributed by atoms with Crippen LogP contribution in [0, 0.1) is 0 Å². The fraction of sp³-hybridized carbons (Fsp3) is 0.429. The van der Waals surface area contributed by atoms with E-state index < -0.39 is 0 Å². The van der Waals surface area contributed by atoms with E-state index in [-0.39, 0.29) is 12.6 Å². The molecule has 1 aliphatic rings. The van der Waals surface area contributed by atoms with Crippen molar-refractivity contribution in [3.8, 4) is 0 Å². The number of thiophene rings is 1. The molecule has 3 rings (SSSR count). The Morgan fingerprint density at radius 2 is 2.33 bits per heavy atom. The van der Waals surface area contributed by atoms with Crippen LogP contribution in [0.25, 0.3) is 0 Å². The summed E-state index contributed by atoms with van der Waals surface area (Å²) < 4.78 is 0.790. The van der Waals surface area contributed by atoms with Gasteiger partial charge in [-0.15, -0.1) is 11.3 Å². The number of aromatic nitrogens is 2. The van der Waals surface area contributed by atoms with Gasteiger partial charge >= 0.3 is 0 Å². The number of aliphatic hydroxyl groups is 1. The Morgan fingerprint density at radius 1 is 1.43 bits per heavy atom. The van der Waals surface area contributed by atoms with Crippen LogP contribution in [0.15, 0.2) is 24.5 Å². The summed E-state index contributed by atoms with van der Waals surface area (Å²) in [6.07, 6.45) is 3.66. The molecule has 5 nitrogen and oxygen atoms in total. The van der Waals surface area contributed by atoms with Gasteiger partial charge in [-0.05, 0) is 25.0 Å². The van der Waals surface area contributed by atoms with Crippen molar-refractivity contribution >= 4 is 34.6 Å². The van der Waals surface area contributed by atoms with Crippen LogP contribution in [0.1, 0.15) is 17.7 Å². The third kappa shape index (κ3) is 3.45. The maximum absolute atomic E-state index is 9.41. The van der Waals surface area contributed by atoms with Crippen molar-refractivity contribution in [1.82, 2.24) is 9.97 Å². The quantitative estimate of drug-likeness (QED) is 0.885. The normalized spacial score (nSPS) is 18.2. The smallest absolute Gasteiger partial charge is 0.134 e. The van der Waals surface area contributed by atoms with Gasteiger partial charge in [0, 0.05) is 17.5 Å². The number of nitrogens with zero attached hydrogens (tertiary/aromatic N) is 3. The van der Waals surface area contributed by atoms with Gasteiger partial charge in [0.1, 0.15) is 18.0 Å². The Morgan fingerprint density at radius 3 is 3.10 bits per heavy atom. The topological polar surface area (TPSA) is 61.3 Å². The molecular formula is C14H17ClN4OS. The Kier molecular flexibility index (Phi) is 4.57. The summed E-state index contributed by atoms with van der Waals surface area (Å²) in [6, 6.07) is 6.00. The lowest BCUT2D eigenvalue weighted by molar-refractivity contribution is 0.266. The van der Waals surface area contributed by atoms with Gasteiger partial charge in [-0.1, -0.05) is 11.6 Å². The van der Waals surface area contributed by atoms with Crippen molar-refractivity contribution in [1.29, 1.82) is 0 Å². The molecule has 0 aromatic carbocycles. The van der Waals surface area contributed by atoms with Gasteiger partial charge in [-0.25, -0.2) is 9.97 Å². The first-order valence-electron chi connectivity index (χ1n) is 6.94. The number of hydrogen-bond acceptors (Lipinski definition) is 6.